The van der Waals surface area contributed by atoms with E-state index in [1.165, 1.54) is 4.90 Å². The normalized spacial score (nSPS) is 16.7. The molecule has 0 saturated carbocycles. The molecule has 26 heteroatoms. The van der Waals surface area contributed by atoms with Gasteiger partial charge in [-0.1, -0.05) is 61.8 Å². The van der Waals surface area contributed by atoms with E-state index in [1.807, 2.05) is 0 Å². The van der Waals surface area contributed by atoms with Gasteiger partial charge in [-0.3, -0.25) is 57.5 Å². The first-order chi connectivity index (χ1) is 33.6. The maximum atomic E-state index is 14.0. The fraction of sp³-hybridized carbons (Fsp3) is 0.739. The summed E-state index contributed by atoms with van der Waals surface area (Å²) in [6.45, 7) is 12.4. The van der Waals surface area contributed by atoms with Crippen LogP contribution in [0.2, 0.25) is 0 Å². The molecule has 15 N–H and O–H groups in total. The van der Waals surface area contributed by atoms with Crippen LogP contribution in [0.4, 0.5) is 0 Å². The van der Waals surface area contributed by atoms with E-state index < -0.39 is 157 Å². The highest BCUT2D eigenvalue weighted by Crippen LogP contribution is 2.20. The van der Waals surface area contributed by atoms with Gasteiger partial charge in [0.2, 0.25) is 53.2 Å². The van der Waals surface area contributed by atoms with Gasteiger partial charge in [0, 0.05) is 13.0 Å². The summed E-state index contributed by atoms with van der Waals surface area (Å²) in [5.41, 5.74) is 11.6. The molecule has 0 radical (unpaired) electrons. The van der Waals surface area contributed by atoms with Crippen molar-refractivity contribution in [3.8, 4) is 0 Å². The van der Waals surface area contributed by atoms with Crippen molar-refractivity contribution in [3.63, 3.8) is 0 Å². The quantitative estimate of drug-likeness (QED) is 0.0300. The van der Waals surface area contributed by atoms with Gasteiger partial charge in [0.1, 0.15) is 48.8 Å². The van der Waals surface area contributed by atoms with Crippen LogP contribution in [0, 0.1) is 23.7 Å². The molecule has 0 aromatic heterocycles. The lowest BCUT2D eigenvalue weighted by Gasteiger charge is -2.30. The lowest BCUT2D eigenvalue weighted by molar-refractivity contribution is -0.142. The number of nitrogens with two attached hydrogens (primary N) is 2. The van der Waals surface area contributed by atoms with Crippen molar-refractivity contribution in [2.24, 2.45) is 35.1 Å². The number of carbonyl (C=O) groups excluding carboxylic acids is 9. The van der Waals surface area contributed by atoms with E-state index in [0.717, 1.165) is 0 Å². The van der Waals surface area contributed by atoms with E-state index in [9.17, 15) is 62.6 Å². The lowest BCUT2D eigenvalue weighted by atomic mass is 9.95. The molecule has 1 saturated heterocycles. The van der Waals surface area contributed by atoms with Crippen molar-refractivity contribution in [1.29, 1.82) is 0 Å². The molecule has 26 nitrogen and oxygen atoms in total. The van der Waals surface area contributed by atoms with Gasteiger partial charge in [-0.25, -0.2) is 0 Å². The number of carboxylic acid groups (broad SMARTS) is 3. The number of hydrogen-bond donors (Lipinski definition) is 13. The van der Waals surface area contributed by atoms with Gasteiger partial charge in [0.25, 0.3) is 0 Å². The first-order valence-electron chi connectivity index (χ1n) is 24.4. The molecule has 72 heavy (non-hydrogen) atoms. The van der Waals surface area contributed by atoms with Crippen LogP contribution in [-0.4, -0.2) is 166 Å². The minimum absolute atomic E-state index is 0.0386. The largest absolute Gasteiger partial charge is 0.481 e. The Morgan fingerprint density at radius 3 is 1.69 bits per heavy atom. The van der Waals surface area contributed by atoms with E-state index in [-0.39, 0.29) is 51.1 Å². The minimum atomic E-state index is -1.75. The standard InChI is InChI=1S/C46H79N11O15/c1-9-26(8)38(45(71)53-30(20-34(61)62)41(67)52-29(19-23(2)3)39(65)50-22-35(63)64)56-44(70)37(25(6)7)54-40(66)28(13-10-11-17-47)51-32(58)21-49-43(69)36(24(4)5)55-42(68)31-14-12-18-57(31)46(72)27(48)15-16-33(59)60/h23-31,36-38H,9-22,47-48H2,1-8H3,(H,49,69)(H,50,65)(H,51,58)(H,52,67)(H,53,71)(H,54,66)(H,55,68)(H,56,70)(H,59,60)(H,61,62)(H,63,64)/t26-,27-,28-,29-,30-,31-,36-,37-,38-/m0/s1. The zero-order valence-corrected chi connectivity index (χ0v) is 42.7. The highest BCUT2D eigenvalue weighted by Gasteiger charge is 2.39. The highest BCUT2D eigenvalue weighted by molar-refractivity contribution is 5.98. The van der Waals surface area contributed by atoms with E-state index in [1.54, 1.807) is 55.4 Å². The molecule has 0 unspecified atom stereocenters. The zero-order valence-electron chi connectivity index (χ0n) is 42.7. The van der Waals surface area contributed by atoms with Crippen LogP contribution in [0.5, 0.6) is 0 Å². The molecule has 1 aliphatic rings. The molecule has 408 valence electrons. The minimum Gasteiger partial charge on any atom is -0.481 e. The second kappa shape index (κ2) is 31.8. The van der Waals surface area contributed by atoms with E-state index >= 15 is 0 Å². The number of unbranched alkanes of at least 4 members (excludes halogenated alkanes) is 1. The number of nitrogens with one attached hydrogen (secondary N) is 8. The molecular weight excluding hydrogens is 947 g/mol. The van der Waals surface area contributed by atoms with Gasteiger partial charge in [0.05, 0.1) is 19.0 Å². The summed E-state index contributed by atoms with van der Waals surface area (Å²) in [4.78, 5) is 156. The summed E-state index contributed by atoms with van der Waals surface area (Å²) in [6.07, 6.45) is 0.564. The van der Waals surface area contributed by atoms with Crippen LogP contribution in [0.25, 0.3) is 0 Å². The summed E-state index contributed by atoms with van der Waals surface area (Å²) >= 11 is 0. The first-order valence-corrected chi connectivity index (χ1v) is 24.4. The number of aliphatic carboxylic acids is 3. The van der Waals surface area contributed by atoms with Crippen molar-refractivity contribution in [1.82, 2.24) is 47.4 Å². The number of rotatable bonds is 33. The molecule has 9 atom stereocenters. The van der Waals surface area contributed by atoms with Gasteiger partial charge in [-0.2, -0.15) is 0 Å². The highest BCUT2D eigenvalue weighted by atomic mass is 16.4. The molecule has 9 amide bonds. The van der Waals surface area contributed by atoms with Crippen LogP contribution in [0.15, 0.2) is 0 Å². The zero-order chi connectivity index (χ0) is 55.0. The molecule has 0 aliphatic carbocycles. The second-order valence-corrected chi connectivity index (χ2v) is 19.1. The third-order valence-corrected chi connectivity index (χ3v) is 11.9. The average molecular weight is 1030 g/mol. The van der Waals surface area contributed by atoms with Crippen LogP contribution in [0.3, 0.4) is 0 Å². The summed E-state index contributed by atoms with van der Waals surface area (Å²) in [7, 11) is 0. The number of carboxylic acids is 3. The maximum Gasteiger partial charge on any atom is 0.322 e. The third kappa shape index (κ3) is 22.3. The Labute approximate surface area is 419 Å². The van der Waals surface area contributed by atoms with Crippen LogP contribution < -0.4 is 54.0 Å². The van der Waals surface area contributed by atoms with Crippen molar-refractivity contribution >= 4 is 71.1 Å². The Morgan fingerprint density at radius 1 is 0.597 bits per heavy atom. The van der Waals surface area contributed by atoms with Crippen LogP contribution in [-0.2, 0) is 57.5 Å². The SMILES string of the molecule is CC[C@H](C)[C@H](NC(=O)[C@@H](NC(=O)[C@H](CCCCN)NC(=O)CNC(=O)[C@@H](NC(=O)[C@@H]1CCCN1C(=O)[C@@H](N)CCC(=O)O)C(C)C)C(C)C)C(=O)N[C@@H](CC(=O)O)C(=O)N[C@@H](CC(C)C)C(=O)NCC(=O)O. The van der Waals surface area contributed by atoms with Crippen LogP contribution >= 0.6 is 0 Å². The lowest BCUT2D eigenvalue weighted by Crippen LogP contribution is -2.61. The fourth-order valence-corrected chi connectivity index (χ4v) is 7.63. The van der Waals surface area contributed by atoms with Gasteiger partial charge < -0.3 is 74.2 Å². The van der Waals surface area contributed by atoms with E-state index in [4.69, 9.17) is 21.7 Å². The van der Waals surface area contributed by atoms with Gasteiger partial charge >= 0.3 is 17.9 Å². The van der Waals surface area contributed by atoms with Crippen molar-refractivity contribution in [3.05, 3.63) is 0 Å². The monoisotopic (exact) mass is 1030 g/mol. The molecule has 0 aromatic carbocycles. The van der Waals surface area contributed by atoms with E-state index in [2.05, 4.69) is 42.5 Å². The number of nitrogens with zero attached hydrogens (tertiary/aromatic N) is 1. The van der Waals surface area contributed by atoms with Gasteiger partial charge in [-0.05, 0) is 75.2 Å². The molecule has 1 aliphatic heterocycles. The number of likely N-dealkylation sites (tertiary alicyclic amines) is 1. The predicted molar refractivity (Wildman–Crippen MR) is 259 cm³/mol. The molecule has 0 aromatic rings. The predicted octanol–water partition coefficient (Wildman–Crippen LogP) is -2.60. The van der Waals surface area contributed by atoms with Crippen LogP contribution in [0.1, 0.15) is 120 Å². The number of carbonyl (C=O) groups is 12. The first kappa shape index (κ1) is 63.6. The fourth-order valence-electron chi connectivity index (χ4n) is 7.63. The number of amides is 9. The van der Waals surface area contributed by atoms with Gasteiger partial charge in [-0.15, -0.1) is 0 Å². The molecule has 1 heterocycles. The molecule has 1 fully saturated rings. The molecule has 1 rings (SSSR count). The molecular formula is C46H79N11O15. The summed E-state index contributed by atoms with van der Waals surface area (Å²) in [5, 5.41) is 47.5. The Hall–Kier alpha value is -6.44. The topological polar surface area (TPSA) is 417 Å². The van der Waals surface area contributed by atoms with E-state index in [0.29, 0.717) is 25.7 Å². The van der Waals surface area contributed by atoms with Crippen molar-refractivity contribution in [2.75, 3.05) is 26.2 Å². The smallest absolute Gasteiger partial charge is 0.322 e. The summed E-state index contributed by atoms with van der Waals surface area (Å²) in [6, 6.07) is -10.3. The Kier molecular flexibility index (Phi) is 28.1. The summed E-state index contributed by atoms with van der Waals surface area (Å²) in [5.74, 6) is -13.1. The van der Waals surface area contributed by atoms with Crippen molar-refractivity contribution in [2.45, 2.75) is 168 Å². The average Bonchev–Trinajstić information content (AvgIpc) is 3.80. The van der Waals surface area contributed by atoms with Crippen molar-refractivity contribution < 1.29 is 72.9 Å². The maximum absolute atomic E-state index is 14.0. The Morgan fingerprint density at radius 2 is 1.15 bits per heavy atom. The second-order valence-electron chi connectivity index (χ2n) is 19.1. The molecule has 0 bridgehead atoms. The van der Waals surface area contributed by atoms with Gasteiger partial charge in [0.15, 0.2) is 0 Å². The third-order valence-electron chi connectivity index (χ3n) is 11.9. The Bertz CT molecular complexity index is 1920. The summed E-state index contributed by atoms with van der Waals surface area (Å²) < 4.78 is 0. The Balaban J connectivity index is 3.20. The molecule has 0 spiro atoms. The number of hydrogen-bond acceptors (Lipinski definition) is 14.